The lowest BCUT2D eigenvalue weighted by atomic mass is 9.80. The average Bonchev–Trinajstić information content (AvgIpc) is 3.02. The lowest BCUT2D eigenvalue weighted by molar-refractivity contribution is -0.128. The Morgan fingerprint density at radius 1 is 1.17 bits per heavy atom. The number of hydrogen-bond donors (Lipinski definition) is 0. The van der Waals surface area contributed by atoms with Crippen molar-refractivity contribution in [3.63, 3.8) is 0 Å². The number of anilines is 2. The van der Waals surface area contributed by atoms with E-state index in [0.717, 1.165) is 64.0 Å². The fraction of sp³-hybridized carbons (Fsp3) is 0.500. The molecule has 0 radical (unpaired) electrons. The maximum atomic E-state index is 12.6. The Morgan fingerprint density at radius 3 is 2.67 bits per heavy atom. The second kappa shape index (κ2) is 13.9. The molecule has 3 aliphatic rings. The van der Waals surface area contributed by atoms with Crippen LogP contribution < -0.4 is 14.5 Å². The first kappa shape index (κ1) is 32.1. The fourth-order valence-electron chi connectivity index (χ4n) is 7.24. The topological polar surface area (TPSA) is 69.4 Å². The number of likely N-dealkylation sites (N-methyl/N-ethyl adjacent to an activating group) is 1. The number of halogens is 1. The van der Waals surface area contributed by atoms with E-state index in [0.29, 0.717) is 38.2 Å². The van der Waals surface area contributed by atoms with Crippen LogP contribution in [-0.2, 0) is 17.8 Å². The molecule has 1 aromatic heterocycles. The van der Waals surface area contributed by atoms with Gasteiger partial charge in [0.1, 0.15) is 18.0 Å². The Labute approximate surface area is 277 Å². The third-order valence-corrected chi connectivity index (χ3v) is 10.4. The maximum Gasteiger partial charge on any atom is 0.318 e. The van der Waals surface area contributed by atoms with Gasteiger partial charge in [0.2, 0.25) is 12.5 Å². The van der Waals surface area contributed by atoms with Crippen molar-refractivity contribution in [2.45, 2.75) is 64.3 Å². The van der Waals surface area contributed by atoms with Gasteiger partial charge in [-0.3, -0.25) is 9.69 Å². The summed E-state index contributed by atoms with van der Waals surface area (Å²) in [5, 5.41) is 2.89. The number of nitrogens with zero attached hydrogens (tertiary/aromatic N) is 7. The van der Waals surface area contributed by atoms with Gasteiger partial charge in [-0.05, 0) is 69.7 Å². The van der Waals surface area contributed by atoms with Crippen LogP contribution in [0.25, 0.3) is 15.6 Å². The minimum atomic E-state index is -0.245. The van der Waals surface area contributed by atoms with Crippen molar-refractivity contribution in [3.8, 4) is 6.01 Å². The van der Waals surface area contributed by atoms with Crippen molar-refractivity contribution in [2.24, 2.45) is 5.92 Å². The van der Waals surface area contributed by atoms with Crippen molar-refractivity contribution < 1.29 is 9.53 Å². The summed E-state index contributed by atoms with van der Waals surface area (Å²) in [5.41, 5.74) is 3.12. The molecule has 1 saturated heterocycles. The van der Waals surface area contributed by atoms with Crippen molar-refractivity contribution in [2.75, 3.05) is 56.1 Å². The number of benzene rings is 2. The van der Waals surface area contributed by atoms with Crippen LogP contribution in [0, 0.1) is 12.5 Å². The second-order valence-electron chi connectivity index (χ2n) is 13.0. The third kappa shape index (κ3) is 6.51. The van der Waals surface area contributed by atoms with E-state index in [-0.39, 0.29) is 24.6 Å². The summed E-state index contributed by atoms with van der Waals surface area (Å²) in [6.07, 6.45) is 5.92. The molecule has 2 aromatic carbocycles. The first-order chi connectivity index (χ1) is 22.3. The van der Waals surface area contributed by atoms with Gasteiger partial charge in [-0.1, -0.05) is 48.9 Å². The number of amides is 1. The molecular weight excluding hydrogens is 598 g/mol. The van der Waals surface area contributed by atoms with Gasteiger partial charge in [0.15, 0.2) is 0 Å². The summed E-state index contributed by atoms with van der Waals surface area (Å²) in [6.45, 7) is 19.6. The van der Waals surface area contributed by atoms with Crippen LogP contribution in [0.15, 0.2) is 49.1 Å². The zero-order valence-electron chi connectivity index (χ0n) is 27.2. The Kier molecular flexibility index (Phi) is 9.67. The zero-order valence-corrected chi connectivity index (χ0v) is 27.9. The van der Waals surface area contributed by atoms with Crippen LogP contribution in [0.1, 0.15) is 44.4 Å². The molecule has 6 rings (SSSR count). The summed E-state index contributed by atoms with van der Waals surface area (Å²) >= 11 is 6.73. The van der Waals surface area contributed by atoms with Gasteiger partial charge < -0.3 is 24.3 Å². The predicted octanol–water partition coefficient (Wildman–Crippen LogP) is 5.86. The van der Waals surface area contributed by atoms with E-state index in [4.69, 9.17) is 32.9 Å². The first-order valence-electron chi connectivity index (χ1n) is 16.5. The van der Waals surface area contributed by atoms with Crippen LogP contribution in [0.4, 0.5) is 11.5 Å². The van der Waals surface area contributed by atoms with Crippen LogP contribution in [0.5, 0.6) is 6.01 Å². The number of fused-ring (bicyclic) bond motifs is 2. The van der Waals surface area contributed by atoms with E-state index in [9.17, 15) is 4.79 Å². The summed E-state index contributed by atoms with van der Waals surface area (Å²) in [4.78, 5) is 35.1. The van der Waals surface area contributed by atoms with Crippen LogP contribution in [0.2, 0.25) is 5.02 Å². The monoisotopic (exact) mass is 641 g/mol. The molecule has 2 fully saturated rings. The van der Waals surface area contributed by atoms with Crippen molar-refractivity contribution in [1.82, 2.24) is 19.8 Å². The van der Waals surface area contributed by atoms with E-state index in [1.165, 1.54) is 25.3 Å². The van der Waals surface area contributed by atoms with Gasteiger partial charge in [0, 0.05) is 55.4 Å². The highest BCUT2D eigenvalue weighted by atomic mass is 35.5. The number of carbonyl (C=O) groups is 1. The number of aromatic nitrogens is 2. The van der Waals surface area contributed by atoms with Gasteiger partial charge in [0.25, 0.3) is 0 Å². The minimum Gasteiger partial charge on any atom is -0.459 e. The summed E-state index contributed by atoms with van der Waals surface area (Å²) < 4.78 is 6.49. The van der Waals surface area contributed by atoms with Gasteiger partial charge >= 0.3 is 6.01 Å². The Hall–Kier alpha value is -3.87. The summed E-state index contributed by atoms with van der Waals surface area (Å²) in [5.74, 6) is 1.47. The molecule has 3 aromatic rings. The van der Waals surface area contributed by atoms with Crippen molar-refractivity contribution in [3.05, 3.63) is 76.8 Å². The number of carbonyl (C=O) groups excluding carboxylic acids is 1. The molecule has 0 bridgehead atoms. The van der Waals surface area contributed by atoms with Gasteiger partial charge in [-0.25, -0.2) is 6.57 Å². The highest BCUT2D eigenvalue weighted by Crippen LogP contribution is 2.37. The number of hydrogen-bond acceptors (Lipinski definition) is 7. The Balaban J connectivity index is 1.31. The summed E-state index contributed by atoms with van der Waals surface area (Å²) in [7, 11) is 2.18. The number of rotatable bonds is 10. The van der Waals surface area contributed by atoms with Crippen molar-refractivity contribution >= 4 is 39.8 Å². The van der Waals surface area contributed by atoms with Gasteiger partial charge in [-0.15, -0.1) is 0 Å². The van der Waals surface area contributed by atoms with E-state index in [2.05, 4.69) is 71.3 Å². The molecule has 0 N–H and O–H groups in total. The molecule has 0 spiro atoms. The van der Waals surface area contributed by atoms with Crippen LogP contribution in [-0.4, -0.2) is 90.2 Å². The molecular formula is C36H44ClN7O2. The molecule has 3 heterocycles. The smallest absolute Gasteiger partial charge is 0.318 e. The van der Waals surface area contributed by atoms with Gasteiger partial charge in [-0.2, -0.15) is 9.97 Å². The van der Waals surface area contributed by atoms with Gasteiger partial charge in [0.05, 0.1) is 17.3 Å². The molecule has 242 valence electrons. The molecule has 46 heavy (non-hydrogen) atoms. The lowest BCUT2D eigenvalue weighted by Gasteiger charge is -2.41. The fourth-order valence-corrected chi connectivity index (χ4v) is 7.51. The minimum absolute atomic E-state index is 0.105. The Bertz CT molecular complexity index is 1630. The normalized spacial score (nSPS) is 19.7. The van der Waals surface area contributed by atoms with E-state index in [1.807, 2.05) is 12.1 Å². The third-order valence-electron chi connectivity index (χ3n) is 10.1. The molecule has 2 aliphatic heterocycles. The Morgan fingerprint density at radius 2 is 1.96 bits per heavy atom. The number of piperazine rings is 1. The van der Waals surface area contributed by atoms with Crippen LogP contribution in [0.3, 0.4) is 0 Å². The molecule has 1 amide bonds. The predicted molar refractivity (Wildman–Crippen MR) is 185 cm³/mol. The quantitative estimate of drug-likeness (QED) is 0.203. The van der Waals surface area contributed by atoms with Crippen LogP contribution >= 0.6 is 11.6 Å². The second-order valence-corrected chi connectivity index (χ2v) is 13.4. The molecule has 1 saturated carbocycles. The largest absolute Gasteiger partial charge is 0.459 e. The van der Waals surface area contributed by atoms with E-state index < -0.39 is 0 Å². The highest BCUT2D eigenvalue weighted by Gasteiger charge is 2.35. The SMILES string of the molecule is [C-]#[N+]C[C@H]1CN(c2nc(O[C@@H](C)CN(C)[C@@H](C)C3CCC3)nc3c2CCN(c2cccc4cccc(Cl)c24)C3)CCN1C(=O)C=C. The molecule has 10 heteroatoms. The molecule has 9 nitrogen and oxygen atoms in total. The standard InChI is InChI=1S/C36H44ClN7O2/c1-6-33(45)44-19-18-43(22-28(44)20-38-4)35-29-16-17-42(32-15-9-13-27-12-8-14-30(37)34(27)32)23-31(29)39-36(40-35)46-24(2)21-41(5)25(3)26-10-7-11-26/h6,8-9,12-15,24-26,28H,1,7,10-11,16-23H2,2-3,5H3/t24-,25-,28-/m0/s1. The molecule has 0 unspecified atom stereocenters. The first-order valence-corrected chi connectivity index (χ1v) is 16.8. The highest BCUT2D eigenvalue weighted by molar-refractivity contribution is 6.36. The zero-order chi connectivity index (χ0) is 32.4. The average molecular weight is 642 g/mol. The van der Waals surface area contributed by atoms with Crippen molar-refractivity contribution in [1.29, 1.82) is 0 Å². The number of ether oxygens (including phenoxy) is 1. The summed E-state index contributed by atoms with van der Waals surface area (Å²) in [6, 6.07) is 13.0. The van der Waals surface area contributed by atoms with E-state index >= 15 is 0 Å². The molecule has 1 aliphatic carbocycles. The van der Waals surface area contributed by atoms with E-state index in [1.54, 1.807) is 4.90 Å². The molecule has 3 atom stereocenters. The maximum absolute atomic E-state index is 12.6. The lowest BCUT2D eigenvalue weighted by Crippen LogP contribution is -2.56.